The Hall–Kier alpha value is -1.48. The number of nitrogens with zero attached hydrogens (tertiary/aromatic N) is 4. The first-order valence-electron chi connectivity index (χ1n) is 7.68. The summed E-state index contributed by atoms with van der Waals surface area (Å²) in [5, 5.41) is 7.67. The summed E-state index contributed by atoms with van der Waals surface area (Å²) in [6.45, 7) is 6.11. The van der Waals surface area contributed by atoms with Crippen LogP contribution in [0.25, 0.3) is 0 Å². The molecule has 0 aliphatic carbocycles. The van der Waals surface area contributed by atoms with Crippen LogP contribution in [0.4, 0.5) is 5.69 Å². The Labute approximate surface area is 164 Å². The van der Waals surface area contributed by atoms with Gasteiger partial charge in [0.15, 0.2) is 5.96 Å². The van der Waals surface area contributed by atoms with Gasteiger partial charge in [0.1, 0.15) is 0 Å². The Balaban J connectivity index is 0.00000208. The van der Waals surface area contributed by atoms with Crippen LogP contribution in [0.1, 0.15) is 11.3 Å². The molecule has 0 atom stereocenters. The molecule has 1 saturated heterocycles. The highest BCUT2D eigenvalue weighted by Crippen LogP contribution is 2.19. The molecule has 130 valence electrons. The molecule has 0 amide bonds. The number of anilines is 1. The molecule has 1 fully saturated rings. The Kier molecular flexibility index (Phi) is 6.73. The molecule has 24 heavy (non-hydrogen) atoms. The van der Waals surface area contributed by atoms with Gasteiger partial charge >= 0.3 is 0 Å². The van der Waals surface area contributed by atoms with Crippen LogP contribution < -0.4 is 10.6 Å². The van der Waals surface area contributed by atoms with E-state index in [9.17, 15) is 0 Å². The SMILES string of the molecule is Cc1[nH]ncc1CN=C(N)N1CCN(c2ccc(Cl)cc2)CC1.I. The second-order valence-electron chi connectivity index (χ2n) is 5.65. The van der Waals surface area contributed by atoms with Crippen molar-refractivity contribution in [2.45, 2.75) is 13.5 Å². The van der Waals surface area contributed by atoms with Crippen molar-refractivity contribution in [3.63, 3.8) is 0 Å². The molecule has 0 spiro atoms. The molecular weight excluding hydrogens is 439 g/mol. The summed E-state index contributed by atoms with van der Waals surface area (Å²) in [7, 11) is 0. The average molecular weight is 461 g/mol. The number of hydrogen-bond donors (Lipinski definition) is 2. The fraction of sp³-hybridized carbons (Fsp3) is 0.375. The Morgan fingerprint density at radius 1 is 1.25 bits per heavy atom. The van der Waals surface area contributed by atoms with Crippen LogP contribution in [0.2, 0.25) is 5.02 Å². The van der Waals surface area contributed by atoms with E-state index < -0.39 is 0 Å². The minimum absolute atomic E-state index is 0. The zero-order valence-electron chi connectivity index (χ0n) is 13.6. The molecule has 8 heteroatoms. The maximum absolute atomic E-state index is 6.13. The monoisotopic (exact) mass is 460 g/mol. The highest BCUT2D eigenvalue weighted by Gasteiger charge is 2.18. The zero-order chi connectivity index (χ0) is 16.2. The number of nitrogens with one attached hydrogen (secondary N) is 1. The molecule has 0 unspecified atom stereocenters. The quantitative estimate of drug-likeness (QED) is 0.420. The second kappa shape index (κ2) is 8.57. The number of aliphatic imine (C=N–C) groups is 1. The lowest BCUT2D eigenvalue weighted by Crippen LogP contribution is -2.51. The number of nitrogens with two attached hydrogens (primary N) is 1. The van der Waals surface area contributed by atoms with Crippen molar-refractivity contribution in [1.82, 2.24) is 15.1 Å². The van der Waals surface area contributed by atoms with Gasteiger partial charge in [-0.05, 0) is 31.2 Å². The number of H-pyrrole nitrogens is 1. The van der Waals surface area contributed by atoms with Crippen LogP contribution in [0.3, 0.4) is 0 Å². The molecule has 1 aliphatic heterocycles. The molecule has 0 bridgehead atoms. The smallest absolute Gasteiger partial charge is 0.191 e. The number of piperazine rings is 1. The van der Waals surface area contributed by atoms with Gasteiger partial charge in [-0.2, -0.15) is 5.10 Å². The van der Waals surface area contributed by atoms with Crippen LogP contribution in [0.5, 0.6) is 0 Å². The van der Waals surface area contributed by atoms with Crippen molar-refractivity contribution in [1.29, 1.82) is 0 Å². The lowest BCUT2D eigenvalue weighted by molar-refractivity contribution is 0.380. The summed E-state index contributed by atoms with van der Waals surface area (Å²) >= 11 is 5.94. The summed E-state index contributed by atoms with van der Waals surface area (Å²) in [6, 6.07) is 7.95. The van der Waals surface area contributed by atoms with Crippen molar-refractivity contribution >= 4 is 47.2 Å². The molecule has 2 aromatic rings. The summed E-state index contributed by atoms with van der Waals surface area (Å²) in [4.78, 5) is 8.95. The first kappa shape index (κ1) is 18.9. The van der Waals surface area contributed by atoms with E-state index in [1.807, 2.05) is 19.1 Å². The van der Waals surface area contributed by atoms with Crippen LogP contribution in [0, 0.1) is 6.92 Å². The predicted molar refractivity (Wildman–Crippen MR) is 109 cm³/mol. The van der Waals surface area contributed by atoms with Gasteiger partial charge in [0.25, 0.3) is 0 Å². The third-order valence-electron chi connectivity index (χ3n) is 4.14. The Bertz CT molecular complexity index is 676. The van der Waals surface area contributed by atoms with E-state index in [-0.39, 0.29) is 24.0 Å². The van der Waals surface area contributed by atoms with E-state index in [0.717, 1.165) is 42.5 Å². The van der Waals surface area contributed by atoms with Crippen LogP contribution in [-0.2, 0) is 6.54 Å². The van der Waals surface area contributed by atoms with Crippen molar-refractivity contribution in [2.75, 3.05) is 31.1 Å². The van der Waals surface area contributed by atoms with Crippen LogP contribution in [-0.4, -0.2) is 47.2 Å². The number of halogens is 2. The third kappa shape index (κ3) is 4.54. The normalized spacial score (nSPS) is 15.3. The molecule has 3 rings (SSSR count). The lowest BCUT2D eigenvalue weighted by Gasteiger charge is -2.36. The van der Waals surface area contributed by atoms with E-state index in [0.29, 0.717) is 12.5 Å². The predicted octanol–water partition coefficient (Wildman–Crippen LogP) is 2.63. The molecule has 2 heterocycles. The van der Waals surface area contributed by atoms with Gasteiger partial charge in [0, 0.05) is 48.1 Å². The molecule has 1 aromatic carbocycles. The average Bonchev–Trinajstić information content (AvgIpc) is 2.99. The molecule has 6 nitrogen and oxygen atoms in total. The van der Waals surface area contributed by atoms with Gasteiger partial charge in [-0.15, -0.1) is 24.0 Å². The minimum atomic E-state index is 0. The standard InChI is InChI=1S/C16H21ClN6.HI/c1-12-13(11-20-21-12)10-19-16(18)23-8-6-22(7-9-23)15-4-2-14(17)3-5-15;/h2-5,11H,6-10H2,1H3,(H2,18,19)(H,20,21);1H. The van der Waals surface area contributed by atoms with Crippen LogP contribution in [0.15, 0.2) is 35.5 Å². The molecule has 1 aliphatic rings. The third-order valence-corrected chi connectivity index (χ3v) is 4.39. The topological polar surface area (TPSA) is 73.5 Å². The maximum atomic E-state index is 6.13. The van der Waals surface area contributed by atoms with Gasteiger partial charge in [0.05, 0.1) is 12.7 Å². The van der Waals surface area contributed by atoms with Gasteiger partial charge in [-0.25, -0.2) is 4.99 Å². The van der Waals surface area contributed by atoms with E-state index in [1.165, 1.54) is 5.69 Å². The van der Waals surface area contributed by atoms with E-state index in [1.54, 1.807) is 6.20 Å². The van der Waals surface area contributed by atoms with Crippen molar-refractivity contribution in [3.05, 3.63) is 46.7 Å². The number of guanidine groups is 1. The Morgan fingerprint density at radius 2 is 1.92 bits per heavy atom. The van der Waals surface area contributed by atoms with Crippen molar-refractivity contribution < 1.29 is 0 Å². The number of hydrogen-bond acceptors (Lipinski definition) is 3. The fourth-order valence-corrected chi connectivity index (χ4v) is 2.77. The molecule has 0 radical (unpaired) electrons. The first-order chi connectivity index (χ1) is 11.1. The summed E-state index contributed by atoms with van der Waals surface area (Å²) < 4.78 is 0. The highest BCUT2D eigenvalue weighted by molar-refractivity contribution is 14.0. The molecule has 1 aromatic heterocycles. The summed E-state index contributed by atoms with van der Waals surface area (Å²) in [5.41, 5.74) is 9.43. The maximum Gasteiger partial charge on any atom is 0.191 e. The number of aromatic amines is 1. The number of aryl methyl sites for hydroxylation is 1. The largest absolute Gasteiger partial charge is 0.370 e. The van der Waals surface area contributed by atoms with Crippen LogP contribution >= 0.6 is 35.6 Å². The summed E-state index contributed by atoms with van der Waals surface area (Å²) in [5.74, 6) is 0.598. The number of rotatable bonds is 3. The Morgan fingerprint density at radius 3 is 2.50 bits per heavy atom. The van der Waals surface area contributed by atoms with E-state index in [4.69, 9.17) is 17.3 Å². The van der Waals surface area contributed by atoms with Crippen molar-refractivity contribution in [2.24, 2.45) is 10.7 Å². The van der Waals surface area contributed by atoms with Crippen molar-refractivity contribution in [3.8, 4) is 0 Å². The van der Waals surface area contributed by atoms with E-state index in [2.05, 4.69) is 37.1 Å². The number of aromatic nitrogens is 2. The lowest BCUT2D eigenvalue weighted by atomic mass is 10.2. The van der Waals surface area contributed by atoms with Gasteiger partial charge in [-0.1, -0.05) is 11.6 Å². The molecule has 0 saturated carbocycles. The van der Waals surface area contributed by atoms with Gasteiger partial charge in [0.2, 0.25) is 0 Å². The second-order valence-corrected chi connectivity index (χ2v) is 6.08. The van der Waals surface area contributed by atoms with Gasteiger partial charge in [-0.3, -0.25) is 5.10 Å². The number of benzene rings is 1. The highest BCUT2D eigenvalue weighted by atomic mass is 127. The fourth-order valence-electron chi connectivity index (χ4n) is 2.65. The first-order valence-corrected chi connectivity index (χ1v) is 8.05. The zero-order valence-corrected chi connectivity index (χ0v) is 16.7. The minimum Gasteiger partial charge on any atom is -0.370 e. The van der Waals surface area contributed by atoms with Gasteiger partial charge < -0.3 is 15.5 Å². The summed E-state index contributed by atoms with van der Waals surface area (Å²) in [6.07, 6.45) is 1.80. The molecular formula is C16H22ClIN6. The van der Waals surface area contributed by atoms with E-state index >= 15 is 0 Å². The molecule has 3 N–H and O–H groups in total.